The van der Waals surface area contributed by atoms with E-state index >= 15 is 0 Å². The number of carbonyl (C=O) groups is 2. The number of nitrogens with zero attached hydrogens (tertiary/aromatic N) is 5. The van der Waals surface area contributed by atoms with Gasteiger partial charge in [-0.05, 0) is 6.07 Å². The Bertz CT molecular complexity index is 1280. The Morgan fingerprint density at radius 3 is 2.61 bits per heavy atom. The SMILES string of the molecule is COC(=O)c1nn(C)cc1NC(=O)c1cnn2c(C(F)F)cc(-c3ccccc3)nc12. The number of rotatable bonds is 5. The summed E-state index contributed by atoms with van der Waals surface area (Å²) in [6.45, 7) is 0. The average Bonchev–Trinajstić information content (AvgIpc) is 3.36. The first-order valence-electron chi connectivity index (χ1n) is 9.04. The number of carbonyl (C=O) groups excluding carboxylic acids is 2. The van der Waals surface area contributed by atoms with Crippen molar-refractivity contribution in [2.75, 3.05) is 12.4 Å². The number of amides is 1. The molecule has 0 saturated carbocycles. The number of ether oxygens (including phenoxy) is 1. The second-order valence-corrected chi connectivity index (χ2v) is 6.54. The topological polar surface area (TPSA) is 103 Å². The highest BCUT2D eigenvalue weighted by molar-refractivity contribution is 6.10. The van der Waals surface area contributed by atoms with E-state index < -0.39 is 24.0 Å². The maximum atomic E-state index is 13.7. The van der Waals surface area contributed by atoms with Crippen molar-refractivity contribution < 1.29 is 23.1 Å². The van der Waals surface area contributed by atoms with Crippen LogP contribution in [0.1, 0.15) is 33.0 Å². The molecule has 0 unspecified atom stereocenters. The summed E-state index contributed by atoms with van der Waals surface area (Å²) in [7, 11) is 2.76. The smallest absolute Gasteiger partial charge is 0.360 e. The lowest BCUT2D eigenvalue weighted by Crippen LogP contribution is -2.15. The number of hydrogen-bond acceptors (Lipinski definition) is 6. The van der Waals surface area contributed by atoms with Gasteiger partial charge in [-0.25, -0.2) is 23.1 Å². The first kappa shape index (κ1) is 20.1. The maximum absolute atomic E-state index is 13.7. The number of anilines is 1. The molecule has 9 nitrogen and oxygen atoms in total. The van der Waals surface area contributed by atoms with Gasteiger partial charge in [-0.2, -0.15) is 10.2 Å². The average molecular weight is 426 g/mol. The first-order valence-corrected chi connectivity index (χ1v) is 9.04. The molecule has 0 fully saturated rings. The molecule has 0 aliphatic heterocycles. The molecule has 0 atom stereocenters. The fourth-order valence-electron chi connectivity index (χ4n) is 3.08. The molecule has 31 heavy (non-hydrogen) atoms. The molecule has 0 spiro atoms. The van der Waals surface area contributed by atoms with Crippen molar-refractivity contribution in [3.8, 4) is 11.3 Å². The minimum Gasteiger partial charge on any atom is -0.464 e. The Morgan fingerprint density at radius 1 is 1.19 bits per heavy atom. The lowest BCUT2D eigenvalue weighted by Gasteiger charge is -2.08. The number of fused-ring (bicyclic) bond motifs is 1. The number of hydrogen-bond donors (Lipinski definition) is 1. The zero-order valence-corrected chi connectivity index (χ0v) is 16.4. The van der Waals surface area contributed by atoms with E-state index in [9.17, 15) is 18.4 Å². The van der Waals surface area contributed by atoms with Gasteiger partial charge in [0.1, 0.15) is 11.3 Å². The van der Waals surface area contributed by atoms with E-state index in [-0.39, 0.29) is 28.3 Å². The molecule has 0 aliphatic carbocycles. The van der Waals surface area contributed by atoms with Crippen molar-refractivity contribution in [3.05, 3.63) is 65.7 Å². The lowest BCUT2D eigenvalue weighted by atomic mass is 10.1. The Hall–Kier alpha value is -4.15. The standard InChI is InChI=1S/C20H16F2N6O3/c1-27-10-14(16(26-27)20(30)31-2)25-19(29)12-9-23-28-15(17(21)22)8-13(24-18(12)28)11-6-4-3-5-7-11/h3-10,17H,1-2H3,(H,25,29). The molecular weight excluding hydrogens is 410 g/mol. The summed E-state index contributed by atoms with van der Waals surface area (Å²) in [6.07, 6.45) is -0.275. The summed E-state index contributed by atoms with van der Waals surface area (Å²) in [5, 5.41) is 10.4. The van der Waals surface area contributed by atoms with Crippen LogP contribution >= 0.6 is 0 Å². The van der Waals surface area contributed by atoms with Gasteiger partial charge >= 0.3 is 5.97 Å². The highest BCUT2D eigenvalue weighted by Crippen LogP contribution is 2.27. The van der Waals surface area contributed by atoms with Crippen LogP contribution in [0.15, 0.2) is 48.8 Å². The number of esters is 1. The van der Waals surface area contributed by atoms with Gasteiger partial charge in [0.2, 0.25) is 0 Å². The summed E-state index contributed by atoms with van der Waals surface area (Å²) in [5.74, 6) is -1.42. The van der Waals surface area contributed by atoms with Crippen LogP contribution < -0.4 is 5.32 Å². The van der Waals surface area contributed by atoms with Gasteiger partial charge in [-0.3, -0.25) is 9.48 Å². The largest absolute Gasteiger partial charge is 0.464 e. The van der Waals surface area contributed by atoms with Gasteiger partial charge < -0.3 is 10.1 Å². The van der Waals surface area contributed by atoms with Crippen molar-refractivity contribution in [3.63, 3.8) is 0 Å². The first-order chi connectivity index (χ1) is 14.9. The molecule has 1 N–H and O–H groups in total. The fraction of sp³-hybridized carbons (Fsp3) is 0.150. The van der Waals surface area contributed by atoms with E-state index in [1.165, 1.54) is 24.1 Å². The molecule has 0 radical (unpaired) electrons. The molecule has 1 amide bonds. The van der Waals surface area contributed by atoms with E-state index in [0.717, 1.165) is 10.7 Å². The molecule has 1 aromatic carbocycles. The van der Waals surface area contributed by atoms with Crippen LogP contribution in [0, 0.1) is 0 Å². The summed E-state index contributed by atoms with van der Waals surface area (Å²) < 4.78 is 34.3. The van der Waals surface area contributed by atoms with E-state index in [1.807, 2.05) is 0 Å². The maximum Gasteiger partial charge on any atom is 0.360 e. The number of aryl methyl sites for hydroxylation is 1. The minimum absolute atomic E-state index is 0.0423. The Kier molecular flexibility index (Phi) is 5.15. The quantitative estimate of drug-likeness (QED) is 0.492. The third kappa shape index (κ3) is 3.72. The summed E-state index contributed by atoms with van der Waals surface area (Å²) >= 11 is 0. The van der Waals surface area contributed by atoms with Crippen LogP contribution in [0.3, 0.4) is 0 Å². The number of nitrogens with one attached hydrogen (secondary N) is 1. The van der Waals surface area contributed by atoms with Crippen LogP contribution in [0.25, 0.3) is 16.9 Å². The van der Waals surface area contributed by atoms with E-state index in [0.29, 0.717) is 5.56 Å². The van der Waals surface area contributed by atoms with Crippen LogP contribution in [0.4, 0.5) is 14.5 Å². The third-order valence-electron chi connectivity index (χ3n) is 4.49. The molecule has 4 rings (SSSR count). The molecule has 0 aliphatic rings. The predicted octanol–water partition coefficient (Wildman–Crippen LogP) is 3.11. The third-order valence-corrected chi connectivity index (χ3v) is 4.49. The number of benzene rings is 1. The van der Waals surface area contributed by atoms with Crippen molar-refractivity contribution in [2.24, 2.45) is 7.05 Å². The zero-order valence-electron chi connectivity index (χ0n) is 16.4. The van der Waals surface area contributed by atoms with Crippen molar-refractivity contribution in [2.45, 2.75) is 6.43 Å². The molecule has 158 valence electrons. The molecule has 0 saturated heterocycles. The summed E-state index contributed by atoms with van der Waals surface area (Å²) in [4.78, 5) is 29.2. The van der Waals surface area contributed by atoms with Crippen LogP contribution in [-0.2, 0) is 11.8 Å². The summed E-state index contributed by atoms with van der Waals surface area (Å²) in [5.41, 5.74) is 0.402. The minimum atomic E-state index is -2.84. The second-order valence-electron chi connectivity index (χ2n) is 6.54. The van der Waals surface area contributed by atoms with Gasteiger partial charge in [0.25, 0.3) is 12.3 Å². The van der Waals surface area contributed by atoms with Crippen LogP contribution in [0.2, 0.25) is 0 Å². The van der Waals surface area contributed by atoms with E-state index in [4.69, 9.17) is 0 Å². The van der Waals surface area contributed by atoms with Crippen molar-refractivity contribution in [1.82, 2.24) is 24.4 Å². The molecule has 3 heterocycles. The molecule has 11 heteroatoms. The fourth-order valence-corrected chi connectivity index (χ4v) is 3.08. The number of methoxy groups -OCH3 is 1. The normalized spacial score (nSPS) is 11.1. The second kappa shape index (κ2) is 7.94. The number of aromatic nitrogens is 5. The van der Waals surface area contributed by atoms with Gasteiger partial charge in [0.15, 0.2) is 11.3 Å². The lowest BCUT2D eigenvalue weighted by molar-refractivity contribution is 0.0594. The molecule has 3 aromatic heterocycles. The molecule has 0 bridgehead atoms. The monoisotopic (exact) mass is 426 g/mol. The van der Waals surface area contributed by atoms with Gasteiger partial charge in [-0.1, -0.05) is 30.3 Å². The Morgan fingerprint density at radius 2 is 1.94 bits per heavy atom. The Labute approximate surface area is 174 Å². The van der Waals surface area contributed by atoms with Crippen molar-refractivity contribution in [1.29, 1.82) is 0 Å². The van der Waals surface area contributed by atoms with E-state index in [1.54, 1.807) is 37.4 Å². The molecule has 4 aromatic rings. The van der Waals surface area contributed by atoms with Crippen molar-refractivity contribution >= 4 is 23.2 Å². The Balaban J connectivity index is 1.79. The van der Waals surface area contributed by atoms with Gasteiger partial charge in [-0.15, -0.1) is 0 Å². The number of halogens is 2. The summed E-state index contributed by atoms with van der Waals surface area (Å²) in [6, 6.07) is 9.98. The van der Waals surface area contributed by atoms with Gasteiger partial charge in [0.05, 0.1) is 24.7 Å². The van der Waals surface area contributed by atoms with Gasteiger partial charge in [0, 0.05) is 18.8 Å². The zero-order chi connectivity index (χ0) is 22.1. The molecular formula is C20H16F2N6O3. The highest BCUT2D eigenvalue weighted by atomic mass is 19.3. The number of alkyl halides is 2. The van der Waals surface area contributed by atoms with Crippen LogP contribution in [0.5, 0.6) is 0 Å². The van der Waals surface area contributed by atoms with E-state index in [2.05, 4.69) is 25.2 Å². The van der Waals surface area contributed by atoms with Crippen LogP contribution in [-0.4, -0.2) is 43.4 Å². The highest BCUT2D eigenvalue weighted by Gasteiger charge is 2.24. The predicted molar refractivity (Wildman–Crippen MR) is 106 cm³/mol.